The number of para-hydroxylation sites is 3. The topological polar surface area (TPSA) is 65.4 Å². The molecule has 4 aromatic rings. The summed E-state index contributed by atoms with van der Waals surface area (Å²) < 4.78 is 13.8. The van der Waals surface area contributed by atoms with Gasteiger partial charge in [0.25, 0.3) is 5.91 Å². The van der Waals surface area contributed by atoms with Crippen LogP contribution in [0, 0.1) is 0 Å². The molecule has 0 atom stereocenters. The summed E-state index contributed by atoms with van der Waals surface area (Å²) in [5.74, 6) is 2.31. The minimum atomic E-state index is -0.175. The number of hydrogen-bond acceptors (Lipinski definition) is 4. The zero-order valence-corrected chi connectivity index (χ0v) is 21.6. The number of halogens is 1. The maximum Gasteiger partial charge on any atom is 0.257 e. The van der Waals surface area contributed by atoms with E-state index in [2.05, 4.69) is 28.6 Å². The zero-order valence-electron chi connectivity index (χ0n) is 20.9. The van der Waals surface area contributed by atoms with Crippen LogP contribution in [0.1, 0.15) is 24.2 Å². The average molecular weight is 518 g/mol. The number of hydrogen-bond donors (Lipinski definition) is 1. The van der Waals surface area contributed by atoms with Gasteiger partial charge >= 0.3 is 0 Å². The van der Waals surface area contributed by atoms with E-state index in [1.165, 1.54) is 0 Å². The molecule has 7 heteroatoms. The van der Waals surface area contributed by atoms with Crippen LogP contribution in [0.3, 0.4) is 0 Å². The summed E-state index contributed by atoms with van der Waals surface area (Å²) in [7, 11) is 0. The lowest BCUT2D eigenvalue weighted by molar-refractivity contribution is -0.123. The van der Waals surface area contributed by atoms with E-state index in [1.54, 1.807) is 24.3 Å². The van der Waals surface area contributed by atoms with E-state index in [4.69, 9.17) is 26.1 Å². The fourth-order valence-electron chi connectivity index (χ4n) is 4.13. The lowest BCUT2D eigenvalue weighted by atomic mass is 10.1. The molecule has 4 rings (SSSR count). The van der Waals surface area contributed by atoms with Gasteiger partial charge < -0.3 is 19.4 Å². The van der Waals surface area contributed by atoms with E-state index >= 15 is 0 Å². The molecule has 0 saturated heterocycles. The van der Waals surface area contributed by atoms with Crippen LogP contribution in [0.2, 0.25) is 5.02 Å². The fourth-order valence-corrected chi connectivity index (χ4v) is 4.26. The Morgan fingerprint density at radius 1 is 1.00 bits per heavy atom. The number of carbonyl (C=O) groups excluding carboxylic acids is 1. The highest BCUT2D eigenvalue weighted by atomic mass is 35.5. The number of carbonyl (C=O) groups is 1. The number of benzene rings is 3. The van der Waals surface area contributed by atoms with Crippen molar-refractivity contribution in [3.05, 3.63) is 102 Å². The standard InChI is InChI=1S/C30H32ClN3O3/c1-2-9-23-10-3-6-13-28(23)36-21-8-7-20-34-27-12-5-4-11-26(27)33-29(34)18-19-32-30(35)22-37-25-16-14-24(31)15-17-25/h2-6,10-17H,1,7-9,18-22H2,(H,32,35). The van der Waals surface area contributed by atoms with Crippen LogP contribution in [0.5, 0.6) is 11.5 Å². The van der Waals surface area contributed by atoms with Gasteiger partial charge in [0.2, 0.25) is 0 Å². The van der Waals surface area contributed by atoms with Crippen molar-refractivity contribution in [3.8, 4) is 11.5 Å². The molecule has 0 saturated carbocycles. The second-order valence-electron chi connectivity index (χ2n) is 8.67. The Hall–Kier alpha value is -3.77. The second kappa shape index (κ2) is 13.5. The van der Waals surface area contributed by atoms with Gasteiger partial charge in [-0.1, -0.05) is 48.0 Å². The molecular formula is C30H32ClN3O3. The normalized spacial score (nSPS) is 10.8. The Morgan fingerprint density at radius 2 is 1.78 bits per heavy atom. The lowest BCUT2D eigenvalue weighted by Crippen LogP contribution is -2.31. The molecule has 0 fully saturated rings. The van der Waals surface area contributed by atoms with E-state index in [1.807, 2.05) is 42.5 Å². The molecule has 0 aliphatic carbocycles. The van der Waals surface area contributed by atoms with Gasteiger partial charge in [0.05, 0.1) is 17.6 Å². The molecule has 192 valence electrons. The summed E-state index contributed by atoms with van der Waals surface area (Å²) in [6.45, 7) is 5.75. The van der Waals surface area contributed by atoms with Crippen LogP contribution >= 0.6 is 11.6 Å². The molecule has 0 aliphatic rings. The van der Waals surface area contributed by atoms with Crippen LogP contribution in [-0.4, -0.2) is 35.2 Å². The highest BCUT2D eigenvalue weighted by Crippen LogP contribution is 2.20. The fraction of sp³-hybridized carbons (Fsp3) is 0.267. The first-order chi connectivity index (χ1) is 18.1. The number of fused-ring (bicyclic) bond motifs is 1. The average Bonchev–Trinajstić information content (AvgIpc) is 3.26. The molecule has 1 amide bonds. The van der Waals surface area contributed by atoms with Crippen molar-refractivity contribution in [2.75, 3.05) is 19.8 Å². The Bertz CT molecular complexity index is 1320. The molecule has 37 heavy (non-hydrogen) atoms. The summed E-state index contributed by atoms with van der Waals surface area (Å²) in [6, 6.07) is 23.2. The summed E-state index contributed by atoms with van der Waals surface area (Å²) in [4.78, 5) is 17.1. The number of aryl methyl sites for hydroxylation is 1. The SMILES string of the molecule is C=CCc1ccccc1OCCCCn1c(CCNC(=O)COc2ccc(Cl)cc2)nc2ccccc21. The molecule has 3 aromatic carbocycles. The quantitative estimate of drug-likeness (QED) is 0.164. The first kappa shape index (κ1) is 26.3. The van der Waals surface area contributed by atoms with Crippen molar-refractivity contribution in [3.63, 3.8) is 0 Å². The molecule has 0 radical (unpaired) electrons. The highest BCUT2D eigenvalue weighted by Gasteiger charge is 2.11. The van der Waals surface area contributed by atoms with Crippen molar-refractivity contribution in [1.82, 2.24) is 14.9 Å². The van der Waals surface area contributed by atoms with Gasteiger partial charge in [-0.15, -0.1) is 6.58 Å². The number of amides is 1. The highest BCUT2D eigenvalue weighted by molar-refractivity contribution is 6.30. The predicted octanol–water partition coefficient (Wildman–Crippen LogP) is 6.02. The van der Waals surface area contributed by atoms with Gasteiger partial charge in [-0.3, -0.25) is 4.79 Å². The lowest BCUT2D eigenvalue weighted by Gasteiger charge is -2.12. The van der Waals surface area contributed by atoms with Gasteiger partial charge in [0.15, 0.2) is 6.61 Å². The maximum absolute atomic E-state index is 12.2. The molecule has 1 heterocycles. The number of allylic oxidation sites excluding steroid dienone is 1. The van der Waals surface area contributed by atoms with Crippen LogP contribution < -0.4 is 14.8 Å². The van der Waals surface area contributed by atoms with Crippen molar-refractivity contribution >= 4 is 28.5 Å². The van der Waals surface area contributed by atoms with Crippen molar-refractivity contribution in [2.24, 2.45) is 0 Å². The van der Waals surface area contributed by atoms with Crippen LogP contribution in [0.25, 0.3) is 11.0 Å². The van der Waals surface area contributed by atoms with Crippen LogP contribution in [0.15, 0.2) is 85.5 Å². The monoisotopic (exact) mass is 517 g/mol. The Kier molecular flexibility index (Phi) is 9.60. The molecule has 0 aliphatic heterocycles. The maximum atomic E-state index is 12.2. The zero-order chi connectivity index (χ0) is 25.9. The van der Waals surface area contributed by atoms with Crippen LogP contribution in [-0.2, 0) is 24.2 Å². The van der Waals surface area contributed by atoms with Gasteiger partial charge in [-0.05, 0) is 67.3 Å². The van der Waals surface area contributed by atoms with Gasteiger partial charge in [-0.25, -0.2) is 4.98 Å². The van der Waals surface area contributed by atoms with Crippen molar-refractivity contribution in [1.29, 1.82) is 0 Å². The first-order valence-corrected chi connectivity index (χ1v) is 12.9. The third-order valence-corrected chi connectivity index (χ3v) is 6.21. The van der Waals surface area contributed by atoms with Crippen LogP contribution in [0.4, 0.5) is 0 Å². The van der Waals surface area contributed by atoms with Gasteiger partial charge in [0, 0.05) is 24.5 Å². The number of imidazole rings is 1. The van der Waals surface area contributed by atoms with E-state index in [0.29, 0.717) is 30.3 Å². The van der Waals surface area contributed by atoms with E-state index in [9.17, 15) is 4.79 Å². The number of nitrogens with one attached hydrogen (secondary N) is 1. The molecule has 1 N–H and O–H groups in total. The molecule has 6 nitrogen and oxygen atoms in total. The third kappa shape index (κ3) is 7.61. The van der Waals surface area contributed by atoms with Gasteiger partial charge in [-0.2, -0.15) is 0 Å². The van der Waals surface area contributed by atoms with Crippen molar-refractivity contribution < 1.29 is 14.3 Å². The van der Waals surface area contributed by atoms with Gasteiger partial charge in [0.1, 0.15) is 17.3 Å². The van der Waals surface area contributed by atoms with E-state index in [0.717, 1.165) is 54.0 Å². The molecule has 0 spiro atoms. The summed E-state index contributed by atoms with van der Waals surface area (Å²) in [5.41, 5.74) is 3.22. The van der Waals surface area contributed by atoms with E-state index < -0.39 is 0 Å². The minimum absolute atomic E-state index is 0.0476. The summed E-state index contributed by atoms with van der Waals surface area (Å²) >= 11 is 5.88. The molecule has 1 aromatic heterocycles. The number of ether oxygens (including phenoxy) is 2. The number of aromatic nitrogens is 2. The minimum Gasteiger partial charge on any atom is -0.493 e. The summed E-state index contributed by atoms with van der Waals surface area (Å²) in [6.07, 6.45) is 5.20. The third-order valence-electron chi connectivity index (χ3n) is 5.96. The smallest absolute Gasteiger partial charge is 0.257 e. The molecular weight excluding hydrogens is 486 g/mol. The summed E-state index contributed by atoms with van der Waals surface area (Å²) in [5, 5.41) is 3.55. The number of unbranched alkanes of at least 4 members (excludes halogenated alkanes) is 1. The Labute approximate surface area is 222 Å². The second-order valence-corrected chi connectivity index (χ2v) is 9.10. The largest absolute Gasteiger partial charge is 0.493 e. The Morgan fingerprint density at radius 3 is 2.62 bits per heavy atom. The number of nitrogens with zero attached hydrogens (tertiary/aromatic N) is 2. The first-order valence-electron chi connectivity index (χ1n) is 12.5. The molecule has 0 bridgehead atoms. The Balaban J connectivity index is 1.27. The van der Waals surface area contributed by atoms with E-state index in [-0.39, 0.29) is 12.5 Å². The van der Waals surface area contributed by atoms with Crippen molar-refractivity contribution in [2.45, 2.75) is 32.2 Å². The predicted molar refractivity (Wildman–Crippen MR) is 148 cm³/mol. The number of rotatable bonds is 14. The molecule has 0 unspecified atom stereocenters.